The minimum absolute atomic E-state index is 0.543. The van der Waals surface area contributed by atoms with E-state index in [2.05, 4.69) is 67.3 Å². The first-order valence-corrected chi connectivity index (χ1v) is 8.24. The number of likely N-dealkylation sites (N-methyl/N-ethyl adjacent to an activating group) is 1. The van der Waals surface area contributed by atoms with E-state index >= 15 is 0 Å². The van der Waals surface area contributed by atoms with Gasteiger partial charge < -0.3 is 10.2 Å². The van der Waals surface area contributed by atoms with Gasteiger partial charge in [-0.2, -0.15) is 0 Å². The van der Waals surface area contributed by atoms with Gasteiger partial charge in [0.25, 0.3) is 0 Å². The van der Waals surface area contributed by atoms with Gasteiger partial charge in [-0.25, -0.2) is 0 Å². The van der Waals surface area contributed by atoms with Crippen molar-refractivity contribution in [3.05, 3.63) is 35.4 Å². The van der Waals surface area contributed by atoms with Gasteiger partial charge in [-0.1, -0.05) is 38.1 Å². The van der Waals surface area contributed by atoms with Crippen molar-refractivity contribution >= 4 is 0 Å². The Morgan fingerprint density at radius 3 is 2.48 bits per heavy atom. The Balaban J connectivity index is 1.87. The minimum Gasteiger partial charge on any atom is -0.310 e. The summed E-state index contributed by atoms with van der Waals surface area (Å²) in [5.41, 5.74) is 2.81. The highest BCUT2D eigenvalue weighted by molar-refractivity contribution is 5.22. The van der Waals surface area contributed by atoms with Gasteiger partial charge in [0.15, 0.2) is 0 Å². The summed E-state index contributed by atoms with van der Waals surface area (Å²) in [4.78, 5) is 4.95. The van der Waals surface area contributed by atoms with Gasteiger partial charge in [0.2, 0.25) is 0 Å². The molecular weight excluding hydrogens is 258 g/mol. The lowest BCUT2D eigenvalue weighted by Crippen LogP contribution is -2.37. The summed E-state index contributed by atoms with van der Waals surface area (Å²) in [6.07, 6.45) is 2.68. The van der Waals surface area contributed by atoms with Gasteiger partial charge in [-0.05, 0) is 44.6 Å². The van der Waals surface area contributed by atoms with Crippen LogP contribution in [-0.4, -0.2) is 49.1 Å². The van der Waals surface area contributed by atoms with E-state index in [9.17, 15) is 0 Å². The number of hydrogen-bond donors (Lipinski definition) is 1. The van der Waals surface area contributed by atoms with Crippen molar-refractivity contribution in [2.75, 3.05) is 27.2 Å². The van der Waals surface area contributed by atoms with Crippen LogP contribution >= 0.6 is 0 Å². The zero-order chi connectivity index (χ0) is 15.2. The highest BCUT2D eigenvalue weighted by atomic mass is 15.2. The zero-order valence-corrected chi connectivity index (χ0v) is 14.1. The van der Waals surface area contributed by atoms with Crippen LogP contribution in [0.15, 0.2) is 24.3 Å². The SMILES string of the molecule is CC(C)NCc1ccc(CN2CCCC2CN(C)C)cc1. The first-order valence-electron chi connectivity index (χ1n) is 8.24. The van der Waals surface area contributed by atoms with E-state index in [1.54, 1.807) is 0 Å². The van der Waals surface area contributed by atoms with E-state index in [1.165, 1.54) is 37.1 Å². The fourth-order valence-electron chi connectivity index (χ4n) is 3.05. The second-order valence-electron chi connectivity index (χ2n) is 6.88. The van der Waals surface area contributed by atoms with Gasteiger partial charge >= 0.3 is 0 Å². The summed E-state index contributed by atoms with van der Waals surface area (Å²) >= 11 is 0. The number of nitrogens with one attached hydrogen (secondary N) is 1. The average Bonchev–Trinajstić information content (AvgIpc) is 2.84. The molecule has 1 N–H and O–H groups in total. The Kier molecular flexibility index (Phi) is 6.22. The lowest BCUT2D eigenvalue weighted by molar-refractivity contribution is 0.201. The molecule has 0 spiro atoms. The molecule has 1 saturated heterocycles. The molecule has 1 heterocycles. The summed E-state index contributed by atoms with van der Waals surface area (Å²) < 4.78 is 0. The van der Waals surface area contributed by atoms with Gasteiger partial charge in [0, 0.05) is 31.7 Å². The van der Waals surface area contributed by atoms with Crippen molar-refractivity contribution in [2.45, 2.75) is 51.9 Å². The number of hydrogen-bond acceptors (Lipinski definition) is 3. The number of benzene rings is 1. The van der Waals surface area contributed by atoms with Gasteiger partial charge in [0.1, 0.15) is 0 Å². The van der Waals surface area contributed by atoms with Gasteiger partial charge in [0.05, 0.1) is 0 Å². The molecular formula is C18H31N3. The summed E-state index contributed by atoms with van der Waals surface area (Å²) in [5.74, 6) is 0. The Hall–Kier alpha value is -0.900. The third-order valence-corrected chi connectivity index (χ3v) is 4.20. The Morgan fingerprint density at radius 1 is 1.19 bits per heavy atom. The summed E-state index contributed by atoms with van der Waals surface area (Å²) in [5, 5.41) is 3.47. The molecule has 1 fully saturated rings. The summed E-state index contributed by atoms with van der Waals surface area (Å²) in [6, 6.07) is 10.4. The molecule has 0 radical (unpaired) electrons. The standard InChI is InChI=1S/C18H31N3/c1-15(2)19-12-16-7-9-17(10-8-16)13-21-11-5-6-18(21)14-20(3)4/h7-10,15,18-19H,5-6,11-14H2,1-4H3. The van der Waals surface area contributed by atoms with E-state index in [4.69, 9.17) is 0 Å². The quantitative estimate of drug-likeness (QED) is 0.832. The summed E-state index contributed by atoms with van der Waals surface area (Å²) in [6.45, 7) is 8.85. The van der Waals surface area contributed by atoms with Crippen molar-refractivity contribution < 1.29 is 0 Å². The van der Waals surface area contributed by atoms with Gasteiger partial charge in [-0.15, -0.1) is 0 Å². The molecule has 0 saturated carbocycles. The average molecular weight is 289 g/mol. The maximum atomic E-state index is 3.47. The molecule has 118 valence electrons. The molecule has 0 aliphatic carbocycles. The molecule has 0 bridgehead atoms. The third-order valence-electron chi connectivity index (χ3n) is 4.20. The molecule has 3 heteroatoms. The first kappa shape index (κ1) is 16.5. The van der Waals surface area contributed by atoms with Crippen molar-refractivity contribution in [1.29, 1.82) is 0 Å². The highest BCUT2D eigenvalue weighted by Crippen LogP contribution is 2.20. The van der Waals surface area contributed by atoms with E-state index in [0.29, 0.717) is 6.04 Å². The lowest BCUT2D eigenvalue weighted by atomic mass is 10.1. The van der Waals surface area contributed by atoms with E-state index in [-0.39, 0.29) is 0 Å². The van der Waals surface area contributed by atoms with E-state index in [0.717, 1.165) is 19.1 Å². The molecule has 1 aromatic carbocycles. The highest BCUT2D eigenvalue weighted by Gasteiger charge is 2.24. The molecule has 2 rings (SSSR count). The molecule has 0 amide bonds. The molecule has 1 atom stereocenters. The predicted molar refractivity (Wildman–Crippen MR) is 90.4 cm³/mol. The Morgan fingerprint density at radius 2 is 1.86 bits per heavy atom. The largest absolute Gasteiger partial charge is 0.310 e. The first-order chi connectivity index (χ1) is 10.0. The molecule has 1 aromatic rings. The maximum absolute atomic E-state index is 3.47. The second kappa shape index (κ2) is 7.92. The van der Waals surface area contributed by atoms with E-state index < -0.39 is 0 Å². The van der Waals surface area contributed by atoms with Crippen LogP contribution < -0.4 is 5.32 Å². The topological polar surface area (TPSA) is 18.5 Å². The van der Waals surface area contributed by atoms with Crippen LogP contribution in [-0.2, 0) is 13.1 Å². The number of nitrogens with zero attached hydrogens (tertiary/aromatic N) is 2. The molecule has 1 aliphatic rings. The minimum atomic E-state index is 0.543. The van der Waals surface area contributed by atoms with Crippen molar-refractivity contribution in [2.24, 2.45) is 0 Å². The second-order valence-corrected chi connectivity index (χ2v) is 6.88. The summed E-state index contributed by atoms with van der Waals surface area (Å²) in [7, 11) is 4.35. The number of likely N-dealkylation sites (tertiary alicyclic amines) is 1. The fraction of sp³-hybridized carbons (Fsp3) is 0.667. The van der Waals surface area contributed by atoms with Crippen LogP contribution in [0.25, 0.3) is 0 Å². The monoisotopic (exact) mass is 289 g/mol. The lowest BCUT2D eigenvalue weighted by Gasteiger charge is -2.27. The zero-order valence-electron chi connectivity index (χ0n) is 14.1. The molecule has 3 nitrogen and oxygen atoms in total. The molecule has 21 heavy (non-hydrogen) atoms. The van der Waals surface area contributed by atoms with Crippen molar-refractivity contribution in [1.82, 2.24) is 15.1 Å². The number of rotatable bonds is 7. The predicted octanol–water partition coefficient (Wildman–Crippen LogP) is 2.71. The smallest absolute Gasteiger partial charge is 0.0237 e. The molecule has 1 unspecified atom stereocenters. The molecule has 0 aromatic heterocycles. The maximum Gasteiger partial charge on any atom is 0.0237 e. The van der Waals surface area contributed by atoms with E-state index in [1.807, 2.05) is 0 Å². The van der Waals surface area contributed by atoms with Crippen molar-refractivity contribution in [3.8, 4) is 0 Å². The molecule has 1 aliphatic heterocycles. The van der Waals surface area contributed by atoms with Gasteiger partial charge in [-0.3, -0.25) is 4.90 Å². The Labute approximate surface area is 130 Å². The van der Waals surface area contributed by atoms with Crippen LogP contribution in [0, 0.1) is 0 Å². The van der Waals surface area contributed by atoms with Crippen LogP contribution in [0.5, 0.6) is 0 Å². The van der Waals surface area contributed by atoms with Crippen LogP contribution in [0.4, 0.5) is 0 Å². The van der Waals surface area contributed by atoms with Crippen molar-refractivity contribution in [3.63, 3.8) is 0 Å². The van der Waals surface area contributed by atoms with Crippen LogP contribution in [0.1, 0.15) is 37.8 Å². The Bertz CT molecular complexity index is 411. The fourth-order valence-corrected chi connectivity index (χ4v) is 3.05. The third kappa shape index (κ3) is 5.42. The normalized spacial score (nSPS) is 19.8. The van der Waals surface area contributed by atoms with Crippen LogP contribution in [0.3, 0.4) is 0 Å². The van der Waals surface area contributed by atoms with Crippen LogP contribution in [0.2, 0.25) is 0 Å².